The van der Waals surface area contributed by atoms with Crippen molar-refractivity contribution in [1.82, 2.24) is 9.21 Å². The predicted octanol–water partition coefficient (Wildman–Crippen LogP) is 3.59. The first-order chi connectivity index (χ1) is 14.4. The van der Waals surface area contributed by atoms with Gasteiger partial charge in [0.1, 0.15) is 0 Å². The maximum absolute atomic E-state index is 13.1. The Labute approximate surface area is 179 Å². The van der Waals surface area contributed by atoms with Crippen LogP contribution in [0.2, 0.25) is 0 Å². The molecule has 0 N–H and O–H groups in total. The molecule has 160 valence electrons. The monoisotopic (exact) mass is 426 g/mol. The van der Waals surface area contributed by atoms with E-state index in [9.17, 15) is 13.2 Å². The highest BCUT2D eigenvalue weighted by Crippen LogP contribution is 2.26. The maximum Gasteiger partial charge on any atom is 0.243 e. The topological polar surface area (TPSA) is 57.7 Å². The highest BCUT2D eigenvalue weighted by molar-refractivity contribution is 7.89. The normalized spacial score (nSPS) is 18.6. The third-order valence-corrected chi connectivity index (χ3v) is 8.29. The Morgan fingerprint density at radius 1 is 0.933 bits per heavy atom. The first kappa shape index (κ1) is 21.1. The lowest BCUT2D eigenvalue weighted by Crippen LogP contribution is -2.50. The summed E-state index contributed by atoms with van der Waals surface area (Å²) in [6, 6.07) is 15.6. The van der Waals surface area contributed by atoms with Gasteiger partial charge in [0.25, 0.3) is 0 Å². The summed E-state index contributed by atoms with van der Waals surface area (Å²) in [5.74, 6) is 0.244. The van der Waals surface area contributed by atoms with E-state index in [1.807, 2.05) is 42.5 Å². The predicted molar refractivity (Wildman–Crippen MR) is 118 cm³/mol. The molecule has 5 nitrogen and oxygen atoms in total. The molecule has 2 aromatic carbocycles. The molecule has 2 aromatic rings. The van der Waals surface area contributed by atoms with Crippen LogP contribution in [0.25, 0.3) is 0 Å². The van der Waals surface area contributed by atoms with Crippen LogP contribution in [0.3, 0.4) is 0 Å². The zero-order valence-electron chi connectivity index (χ0n) is 17.6. The van der Waals surface area contributed by atoms with E-state index in [0.717, 1.165) is 24.8 Å². The zero-order valence-corrected chi connectivity index (χ0v) is 18.4. The van der Waals surface area contributed by atoms with Crippen LogP contribution >= 0.6 is 0 Å². The van der Waals surface area contributed by atoms with Crippen LogP contribution in [0, 0.1) is 0 Å². The zero-order chi connectivity index (χ0) is 21.1. The van der Waals surface area contributed by atoms with Crippen LogP contribution < -0.4 is 0 Å². The van der Waals surface area contributed by atoms with E-state index in [1.54, 1.807) is 11.0 Å². The first-order valence-corrected chi connectivity index (χ1v) is 12.3. The molecule has 1 atom stereocenters. The Morgan fingerprint density at radius 2 is 1.60 bits per heavy atom. The average molecular weight is 427 g/mol. The lowest BCUT2D eigenvalue weighted by atomic mass is 9.92. The van der Waals surface area contributed by atoms with Crippen molar-refractivity contribution in [2.24, 2.45) is 0 Å². The van der Waals surface area contributed by atoms with Crippen molar-refractivity contribution in [1.29, 1.82) is 0 Å². The molecule has 6 heteroatoms. The third-order valence-electron chi connectivity index (χ3n) is 6.40. The summed E-state index contributed by atoms with van der Waals surface area (Å²) in [6.45, 7) is 3.66. The molecule has 1 fully saturated rings. The number of fused-ring (bicyclic) bond motifs is 1. The molecule has 2 aliphatic rings. The lowest BCUT2D eigenvalue weighted by molar-refractivity contribution is -0.132. The van der Waals surface area contributed by atoms with Crippen molar-refractivity contribution in [2.75, 3.05) is 26.2 Å². The Morgan fingerprint density at radius 3 is 2.30 bits per heavy atom. The second kappa shape index (κ2) is 8.90. The molecule has 0 bridgehead atoms. The number of hydrogen-bond donors (Lipinski definition) is 0. The average Bonchev–Trinajstić information content (AvgIpc) is 2.79. The number of amides is 1. The molecule has 1 aliphatic heterocycles. The highest BCUT2D eigenvalue weighted by Gasteiger charge is 2.31. The van der Waals surface area contributed by atoms with E-state index in [4.69, 9.17) is 0 Å². The van der Waals surface area contributed by atoms with Gasteiger partial charge in [-0.1, -0.05) is 43.3 Å². The van der Waals surface area contributed by atoms with E-state index in [2.05, 4.69) is 6.92 Å². The number of benzene rings is 2. The molecule has 0 aromatic heterocycles. The summed E-state index contributed by atoms with van der Waals surface area (Å²) in [6.07, 6.45) is 4.75. The number of piperazine rings is 1. The molecule has 1 aliphatic carbocycles. The molecule has 1 heterocycles. The molecular formula is C24H30N2O3S. The Balaban J connectivity index is 1.37. The number of rotatable bonds is 5. The number of carbonyl (C=O) groups is 1. The summed E-state index contributed by atoms with van der Waals surface area (Å²) < 4.78 is 27.8. The fraction of sp³-hybridized carbons (Fsp3) is 0.458. The quantitative estimate of drug-likeness (QED) is 0.734. The Hall–Kier alpha value is -2.18. The molecule has 0 radical (unpaired) electrons. The number of sulfonamides is 1. The van der Waals surface area contributed by atoms with Crippen molar-refractivity contribution in [3.63, 3.8) is 0 Å². The molecule has 0 spiro atoms. The SMILES string of the molecule is C[C@@H](CC(=O)N1CCN(S(=O)(=O)c2ccc3c(c2)CCCC3)CC1)c1ccccc1. The molecule has 1 saturated heterocycles. The maximum atomic E-state index is 13.1. The Bertz CT molecular complexity index is 996. The summed E-state index contributed by atoms with van der Waals surface area (Å²) in [5, 5.41) is 0. The number of nitrogens with zero attached hydrogens (tertiary/aromatic N) is 2. The van der Waals surface area contributed by atoms with E-state index < -0.39 is 10.0 Å². The molecule has 1 amide bonds. The number of hydrogen-bond acceptors (Lipinski definition) is 3. The summed E-state index contributed by atoms with van der Waals surface area (Å²) in [7, 11) is -3.52. The van der Waals surface area contributed by atoms with Crippen molar-refractivity contribution in [2.45, 2.75) is 49.8 Å². The van der Waals surface area contributed by atoms with Gasteiger partial charge >= 0.3 is 0 Å². The highest BCUT2D eigenvalue weighted by atomic mass is 32.2. The van der Waals surface area contributed by atoms with Gasteiger partial charge < -0.3 is 4.90 Å². The largest absolute Gasteiger partial charge is 0.340 e. The van der Waals surface area contributed by atoms with E-state index >= 15 is 0 Å². The van der Waals surface area contributed by atoms with Crippen LogP contribution in [0.5, 0.6) is 0 Å². The second-order valence-corrected chi connectivity index (χ2v) is 10.4. The molecule has 30 heavy (non-hydrogen) atoms. The van der Waals surface area contributed by atoms with Crippen LogP contribution in [0.15, 0.2) is 53.4 Å². The van der Waals surface area contributed by atoms with E-state index in [1.165, 1.54) is 21.9 Å². The third kappa shape index (κ3) is 4.44. The summed E-state index contributed by atoms with van der Waals surface area (Å²) in [4.78, 5) is 14.9. The molecule has 0 saturated carbocycles. The van der Waals surface area contributed by atoms with Crippen molar-refractivity contribution in [3.8, 4) is 0 Å². The molecule has 4 rings (SSSR count). The van der Waals surface area contributed by atoms with Gasteiger partial charge in [-0.25, -0.2) is 8.42 Å². The molecular weight excluding hydrogens is 396 g/mol. The van der Waals surface area contributed by atoms with Crippen molar-refractivity contribution >= 4 is 15.9 Å². The lowest BCUT2D eigenvalue weighted by Gasteiger charge is -2.34. The minimum Gasteiger partial charge on any atom is -0.340 e. The Kier molecular flexibility index (Phi) is 6.25. The van der Waals surface area contributed by atoms with Gasteiger partial charge in [0.15, 0.2) is 0 Å². The van der Waals surface area contributed by atoms with Crippen LogP contribution in [-0.4, -0.2) is 49.7 Å². The summed E-state index contributed by atoms with van der Waals surface area (Å²) >= 11 is 0. The van der Waals surface area contributed by atoms with E-state index in [-0.39, 0.29) is 11.8 Å². The van der Waals surface area contributed by atoms with Crippen LogP contribution in [0.4, 0.5) is 0 Å². The van der Waals surface area contributed by atoms with Gasteiger partial charge in [0.2, 0.25) is 15.9 Å². The van der Waals surface area contributed by atoms with Gasteiger partial charge in [-0.3, -0.25) is 4.79 Å². The first-order valence-electron chi connectivity index (χ1n) is 10.9. The van der Waals surface area contributed by atoms with Crippen molar-refractivity contribution < 1.29 is 13.2 Å². The van der Waals surface area contributed by atoms with Gasteiger partial charge in [-0.05, 0) is 60.4 Å². The van der Waals surface area contributed by atoms with Crippen LogP contribution in [0.1, 0.15) is 48.8 Å². The van der Waals surface area contributed by atoms with Crippen LogP contribution in [-0.2, 0) is 27.7 Å². The standard InChI is InChI=1S/C24H30N2O3S/c1-19(20-7-3-2-4-8-20)17-24(27)25-13-15-26(16-14-25)30(28,29)23-12-11-21-9-5-6-10-22(21)18-23/h2-4,7-8,11-12,18-19H,5-6,9-10,13-17H2,1H3/t19-/m0/s1. The minimum absolute atomic E-state index is 0.0946. The van der Waals surface area contributed by atoms with E-state index in [0.29, 0.717) is 37.5 Å². The fourth-order valence-corrected chi connectivity index (χ4v) is 5.96. The minimum atomic E-state index is -3.52. The fourth-order valence-electron chi connectivity index (χ4n) is 4.49. The van der Waals surface area contributed by atoms with Gasteiger partial charge in [-0.15, -0.1) is 0 Å². The number of carbonyl (C=O) groups excluding carboxylic acids is 1. The van der Waals surface area contributed by atoms with Gasteiger partial charge in [0.05, 0.1) is 4.90 Å². The van der Waals surface area contributed by atoms with Crippen molar-refractivity contribution in [3.05, 3.63) is 65.2 Å². The molecule has 0 unspecified atom stereocenters. The number of aryl methyl sites for hydroxylation is 2. The smallest absolute Gasteiger partial charge is 0.243 e. The summed E-state index contributed by atoms with van der Waals surface area (Å²) in [5.41, 5.74) is 3.61. The van der Waals surface area contributed by atoms with Gasteiger partial charge in [-0.2, -0.15) is 4.31 Å². The second-order valence-electron chi connectivity index (χ2n) is 8.44. The van der Waals surface area contributed by atoms with Gasteiger partial charge in [0, 0.05) is 32.6 Å².